The van der Waals surface area contributed by atoms with E-state index in [9.17, 15) is 24.3 Å². The lowest BCUT2D eigenvalue weighted by molar-refractivity contribution is -0.162. The van der Waals surface area contributed by atoms with Crippen LogP contribution < -0.4 is 10.2 Å². The van der Waals surface area contributed by atoms with Crippen molar-refractivity contribution in [1.29, 1.82) is 0 Å². The van der Waals surface area contributed by atoms with Gasteiger partial charge in [0.1, 0.15) is 17.7 Å². The van der Waals surface area contributed by atoms with E-state index < -0.39 is 65.6 Å². The fraction of sp³-hybridized carbons (Fsp3) is 0.459. The Morgan fingerprint density at radius 3 is 2.49 bits per heavy atom. The molecule has 12 heteroatoms. The van der Waals surface area contributed by atoms with E-state index in [2.05, 4.69) is 34.4 Å². The summed E-state index contributed by atoms with van der Waals surface area (Å²) < 4.78 is 12.9. The number of hydrogen-bond donors (Lipinski definition) is 2. The molecule has 2 aromatic rings. The van der Waals surface area contributed by atoms with Crippen LogP contribution in [0.5, 0.6) is 0 Å². The molecule has 0 aliphatic carbocycles. The van der Waals surface area contributed by atoms with Gasteiger partial charge in [-0.2, -0.15) is 0 Å². The molecule has 3 aliphatic rings. The van der Waals surface area contributed by atoms with Crippen LogP contribution in [-0.2, 0) is 28.7 Å². The molecule has 2 bridgehead atoms. The van der Waals surface area contributed by atoms with Crippen molar-refractivity contribution in [3.8, 4) is 0 Å². The van der Waals surface area contributed by atoms with Crippen molar-refractivity contribution in [1.82, 2.24) is 10.2 Å². The number of carbonyl (C=O) groups excluding carboxylic acids is 4. The Morgan fingerprint density at radius 1 is 1.18 bits per heavy atom. The van der Waals surface area contributed by atoms with Crippen molar-refractivity contribution in [3.63, 3.8) is 0 Å². The van der Waals surface area contributed by atoms with Gasteiger partial charge in [-0.25, -0.2) is 0 Å². The monoisotopic (exact) mass is 755 g/mol. The molecule has 262 valence electrons. The third kappa shape index (κ3) is 6.95. The molecule has 0 radical (unpaired) electrons. The summed E-state index contributed by atoms with van der Waals surface area (Å²) >= 11 is 9.86. The van der Waals surface area contributed by atoms with Gasteiger partial charge in [0.05, 0.1) is 36.6 Å². The minimum Gasteiger partial charge on any atom is -0.455 e. The summed E-state index contributed by atoms with van der Waals surface area (Å²) in [5, 5.41) is 13.9. The Hall–Kier alpha value is -3.51. The first-order valence-electron chi connectivity index (χ1n) is 16.6. The van der Waals surface area contributed by atoms with Crippen LogP contribution in [0.15, 0.2) is 79.9 Å². The van der Waals surface area contributed by atoms with E-state index in [0.29, 0.717) is 29.1 Å². The number of allylic oxidation sites excluding steroid dienone is 1. The summed E-state index contributed by atoms with van der Waals surface area (Å²) in [5.74, 6) is -3.84. The van der Waals surface area contributed by atoms with Gasteiger partial charge in [-0.3, -0.25) is 19.2 Å². The number of esters is 1. The Morgan fingerprint density at radius 2 is 1.88 bits per heavy atom. The number of rotatable bonds is 15. The molecule has 3 aliphatic heterocycles. The molecule has 1 unspecified atom stereocenters. The Balaban J connectivity index is 1.52. The van der Waals surface area contributed by atoms with E-state index in [0.717, 1.165) is 0 Å². The third-order valence-corrected chi connectivity index (χ3v) is 10.9. The molecule has 3 fully saturated rings. The van der Waals surface area contributed by atoms with Gasteiger partial charge in [0.2, 0.25) is 11.8 Å². The number of nitrogens with one attached hydrogen (secondary N) is 1. The number of fused-ring (bicyclic) bond motifs is 1. The van der Waals surface area contributed by atoms with Crippen molar-refractivity contribution in [3.05, 3.63) is 90.5 Å². The van der Waals surface area contributed by atoms with Crippen LogP contribution >= 0.6 is 27.5 Å². The van der Waals surface area contributed by atoms with Gasteiger partial charge in [0.15, 0.2) is 0 Å². The van der Waals surface area contributed by atoms with Crippen molar-refractivity contribution < 1.29 is 33.8 Å². The molecule has 10 nitrogen and oxygen atoms in total. The van der Waals surface area contributed by atoms with E-state index in [1.807, 2.05) is 37.3 Å². The van der Waals surface area contributed by atoms with Crippen molar-refractivity contribution in [2.75, 3.05) is 18.1 Å². The van der Waals surface area contributed by atoms with Gasteiger partial charge in [-0.15, -0.1) is 13.2 Å². The van der Waals surface area contributed by atoms with Gasteiger partial charge in [0, 0.05) is 28.5 Å². The zero-order valence-electron chi connectivity index (χ0n) is 27.7. The standard InChI is InChI=1S/C37H43BrClN3O7/c1-5-8-14-28(44)40-22(4)31(23-12-10-9-11-13-23)48-36(47)29-30-34(45)42(25(7-3)21-43)33(37(30)20-27(38)32(29)49-37)35(46)41(19-6-2)26-17-15-24(39)16-18-26/h5-6,9-13,15-18,22,25,27,29-33,43H,1-2,7-8,14,19-21H2,3-4H3,(H,40,44)/t22-,25+,27?,29-,30+,31-,32-,33-,37+/m1/s1. The number of aliphatic hydroxyl groups is 1. The predicted octanol–water partition coefficient (Wildman–Crippen LogP) is 5.13. The highest BCUT2D eigenvalue weighted by Crippen LogP contribution is 2.61. The molecular weight excluding hydrogens is 714 g/mol. The first-order valence-corrected chi connectivity index (χ1v) is 17.9. The van der Waals surface area contributed by atoms with Crippen LogP contribution in [-0.4, -0.2) is 81.5 Å². The van der Waals surface area contributed by atoms with Crippen molar-refractivity contribution >= 4 is 56.9 Å². The van der Waals surface area contributed by atoms with Crippen molar-refractivity contribution in [2.24, 2.45) is 11.8 Å². The zero-order valence-corrected chi connectivity index (χ0v) is 30.0. The molecule has 3 saturated heterocycles. The fourth-order valence-electron chi connectivity index (χ4n) is 7.58. The largest absolute Gasteiger partial charge is 0.455 e. The van der Waals surface area contributed by atoms with E-state index in [-0.39, 0.29) is 36.7 Å². The summed E-state index contributed by atoms with van der Waals surface area (Å²) in [5.41, 5.74) is -0.159. The summed E-state index contributed by atoms with van der Waals surface area (Å²) in [6.07, 6.45) is 3.01. The molecule has 9 atom stereocenters. The molecule has 2 N–H and O–H groups in total. The second-order valence-corrected chi connectivity index (χ2v) is 14.4. The molecule has 49 heavy (non-hydrogen) atoms. The maximum atomic E-state index is 14.8. The van der Waals surface area contributed by atoms with Gasteiger partial charge in [0.25, 0.3) is 5.91 Å². The Labute approximate surface area is 300 Å². The maximum Gasteiger partial charge on any atom is 0.313 e. The second kappa shape index (κ2) is 15.6. The molecule has 3 amide bonds. The summed E-state index contributed by atoms with van der Waals surface area (Å²) in [7, 11) is 0. The van der Waals surface area contributed by atoms with E-state index in [1.165, 1.54) is 9.80 Å². The number of halogens is 2. The topological polar surface area (TPSA) is 125 Å². The first-order chi connectivity index (χ1) is 23.5. The van der Waals surface area contributed by atoms with Gasteiger partial charge < -0.3 is 29.7 Å². The minimum atomic E-state index is -1.38. The summed E-state index contributed by atoms with van der Waals surface area (Å²) in [4.78, 5) is 59.0. The average molecular weight is 757 g/mol. The molecular formula is C37H43BrClN3O7. The van der Waals surface area contributed by atoms with E-state index >= 15 is 0 Å². The maximum absolute atomic E-state index is 14.8. The van der Waals surface area contributed by atoms with E-state index in [4.69, 9.17) is 21.1 Å². The van der Waals surface area contributed by atoms with Crippen LogP contribution in [0.1, 0.15) is 51.2 Å². The number of ether oxygens (including phenoxy) is 2. The van der Waals surface area contributed by atoms with Crippen LogP contribution in [0.3, 0.4) is 0 Å². The summed E-state index contributed by atoms with van der Waals surface area (Å²) in [6, 6.07) is 13.4. The molecule has 0 saturated carbocycles. The lowest BCUT2D eigenvalue weighted by Gasteiger charge is -2.39. The van der Waals surface area contributed by atoms with Crippen LogP contribution in [0.4, 0.5) is 5.69 Å². The Bertz CT molecular complexity index is 1550. The molecule has 5 rings (SSSR count). The lowest BCUT2D eigenvalue weighted by atomic mass is 9.70. The zero-order chi connectivity index (χ0) is 35.5. The quantitative estimate of drug-likeness (QED) is 0.147. The SMILES string of the molecule is C=CCCC(=O)N[C@H](C)[C@@H](OC(=O)[C@H]1[C@@H]2O[C@@]3(CC2Br)[C@@H]1C(=O)N([C@@H](CC)CO)[C@@H]3C(=O)N(CC=C)c1ccc(Cl)cc1)c1ccccc1. The van der Waals surface area contributed by atoms with Crippen LogP contribution in [0.2, 0.25) is 5.02 Å². The number of nitrogens with zero attached hydrogens (tertiary/aromatic N) is 2. The number of carbonyl (C=O) groups is 4. The lowest BCUT2D eigenvalue weighted by Crippen LogP contribution is -2.59. The molecule has 2 aromatic carbocycles. The number of amides is 3. The fourth-order valence-corrected chi connectivity index (χ4v) is 8.65. The highest BCUT2D eigenvalue weighted by Gasteiger charge is 2.77. The average Bonchev–Trinajstić information content (AvgIpc) is 3.69. The normalized spacial score (nSPS) is 27.2. The van der Waals surface area contributed by atoms with Crippen molar-refractivity contribution in [2.45, 2.75) is 80.3 Å². The molecule has 1 spiro atoms. The predicted molar refractivity (Wildman–Crippen MR) is 190 cm³/mol. The van der Waals surface area contributed by atoms with Gasteiger partial charge in [-0.05, 0) is 56.0 Å². The van der Waals surface area contributed by atoms with Crippen LogP contribution in [0, 0.1) is 11.8 Å². The van der Waals surface area contributed by atoms with Gasteiger partial charge >= 0.3 is 5.97 Å². The van der Waals surface area contributed by atoms with Crippen LogP contribution in [0.25, 0.3) is 0 Å². The second-order valence-electron chi connectivity index (χ2n) is 12.8. The number of likely N-dealkylation sites (tertiary alicyclic amines) is 1. The highest BCUT2D eigenvalue weighted by molar-refractivity contribution is 9.09. The number of benzene rings is 2. The number of anilines is 1. The molecule has 0 aromatic heterocycles. The smallest absolute Gasteiger partial charge is 0.313 e. The van der Waals surface area contributed by atoms with E-state index in [1.54, 1.807) is 43.3 Å². The first kappa shape index (κ1) is 36.8. The third-order valence-electron chi connectivity index (χ3n) is 9.81. The van der Waals surface area contributed by atoms with Gasteiger partial charge in [-0.1, -0.05) is 76.9 Å². The number of aliphatic hydroxyl groups excluding tert-OH is 1. The highest BCUT2D eigenvalue weighted by atomic mass is 79.9. The number of alkyl halides is 1. The number of hydrogen-bond acceptors (Lipinski definition) is 7. The Kier molecular flexibility index (Phi) is 11.7. The minimum absolute atomic E-state index is 0.136. The summed E-state index contributed by atoms with van der Waals surface area (Å²) in [6.45, 7) is 10.9. The molecule has 3 heterocycles.